The number of hydrogen-bond donors (Lipinski definition) is 1. The summed E-state index contributed by atoms with van der Waals surface area (Å²) in [7, 11) is 0. The van der Waals surface area contributed by atoms with Gasteiger partial charge in [0.25, 0.3) is 0 Å². The molecule has 6 heteroatoms. The molecule has 2 aliphatic heterocycles. The van der Waals surface area contributed by atoms with Crippen LogP contribution in [-0.4, -0.2) is 59.0 Å². The molecule has 0 spiro atoms. The average molecular weight is 406 g/mol. The zero-order valence-electron chi connectivity index (χ0n) is 17.5. The highest BCUT2D eigenvalue weighted by Crippen LogP contribution is 2.29. The summed E-state index contributed by atoms with van der Waals surface area (Å²) in [6.45, 7) is 3.74. The Balaban J connectivity index is 1.13. The number of rotatable bonds is 5. The monoisotopic (exact) mass is 405 g/mol. The molecule has 1 saturated carbocycles. The Bertz CT molecular complexity index is 861. The SMILES string of the molecule is O=C(C1CCC1)N1CCC(NC2CCN(c3nccc(-c4ccccc4)n3)C2)CC1. The highest BCUT2D eigenvalue weighted by Gasteiger charge is 2.33. The molecule has 2 aromatic rings. The Labute approximate surface area is 178 Å². The molecule has 3 heterocycles. The van der Waals surface area contributed by atoms with E-state index in [2.05, 4.69) is 32.2 Å². The molecule has 3 aliphatic rings. The minimum Gasteiger partial charge on any atom is -0.342 e. The predicted molar refractivity (Wildman–Crippen MR) is 118 cm³/mol. The first-order valence-electron chi connectivity index (χ1n) is 11.4. The Morgan fingerprint density at radius 1 is 0.933 bits per heavy atom. The third-order valence-corrected chi connectivity index (χ3v) is 6.92. The second-order valence-corrected chi connectivity index (χ2v) is 8.93. The normalized spacial score (nSPS) is 22.9. The van der Waals surface area contributed by atoms with Gasteiger partial charge in [-0.1, -0.05) is 36.8 Å². The molecule has 0 bridgehead atoms. The summed E-state index contributed by atoms with van der Waals surface area (Å²) in [6, 6.07) is 13.2. The number of nitrogens with zero attached hydrogens (tertiary/aromatic N) is 4. The lowest BCUT2D eigenvalue weighted by Crippen LogP contribution is -2.50. The van der Waals surface area contributed by atoms with E-state index in [4.69, 9.17) is 4.98 Å². The van der Waals surface area contributed by atoms with Crippen molar-refractivity contribution in [3.63, 3.8) is 0 Å². The molecule has 30 heavy (non-hydrogen) atoms. The molecule has 1 aromatic heterocycles. The van der Waals surface area contributed by atoms with E-state index in [9.17, 15) is 4.79 Å². The van der Waals surface area contributed by atoms with E-state index < -0.39 is 0 Å². The van der Waals surface area contributed by atoms with Crippen molar-refractivity contribution in [1.82, 2.24) is 20.2 Å². The second-order valence-electron chi connectivity index (χ2n) is 8.93. The van der Waals surface area contributed by atoms with Crippen molar-refractivity contribution < 1.29 is 4.79 Å². The van der Waals surface area contributed by atoms with E-state index in [1.165, 1.54) is 6.42 Å². The number of likely N-dealkylation sites (tertiary alicyclic amines) is 1. The fraction of sp³-hybridized carbons (Fsp3) is 0.542. The van der Waals surface area contributed by atoms with Gasteiger partial charge in [0.05, 0.1) is 5.69 Å². The molecule has 3 fully saturated rings. The summed E-state index contributed by atoms with van der Waals surface area (Å²) in [4.78, 5) is 26.2. The molecule has 1 aromatic carbocycles. The molecule has 1 aliphatic carbocycles. The van der Waals surface area contributed by atoms with Gasteiger partial charge in [-0.2, -0.15) is 0 Å². The lowest BCUT2D eigenvalue weighted by Gasteiger charge is -2.37. The number of piperidine rings is 1. The fourth-order valence-electron chi connectivity index (χ4n) is 4.86. The predicted octanol–water partition coefficient (Wildman–Crippen LogP) is 3.10. The van der Waals surface area contributed by atoms with Crippen molar-refractivity contribution in [2.24, 2.45) is 5.92 Å². The van der Waals surface area contributed by atoms with Crippen LogP contribution in [0.25, 0.3) is 11.3 Å². The maximum atomic E-state index is 12.4. The van der Waals surface area contributed by atoms with Crippen LogP contribution in [0.3, 0.4) is 0 Å². The summed E-state index contributed by atoms with van der Waals surface area (Å²) >= 11 is 0. The first-order valence-corrected chi connectivity index (χ1v) is 11.4. The smallest absolute Gasteiger partial charge is 0.225 e. The van der Waals surface area contributed by atoms with Gasteiger partial charge in [0.2, 0.25) is 11.9 Å². The van der Waals surface area contributed by atoms with Crippen molar-refractivity contribution in [3.05, 3.63) is 42.6 Å². The average Bonchev–Trinajstić information content (AvgIpc) is 3.22. The van der Waals surface area contributed by atoms with Crippen LogP contribution in [0.1, 0.15) is 38.5 Å². The molecule has 6 nitrogen and oxygen atoms in total. The van der Waals surface area contributed by atoms with Crippen LogP contribution < -0.4 is 10.2 Å². The summed E-state index contributed by atoms with van der Waals surface area (Å²) in [5.41, 5.74) is 2.10. The lowest BCUT2D eigenvalue weighted by atomic mass is 9.84. The van der Waals surface area contributed by atoms with Gasteiger partial charge in [0, 0.05) is 55.9 Å². The molecule has 1 N–H and O–H groups in total. The zero-order chi connectivity index (χ0) is 20.3. The summed E-state index contributed by atoms with van der Waals surface area (Å²) in [6.07, 6.45) is 8.53. The van der Waals surface area contributed by atoms with Crippen LogP contribution in [0.2, 0.25) is 0 Å². The van der Waals surface area contributed by atoms with Crippen molar-refractivity contribution >= 4 is 11.9 Å². The first kappa shape index (κ1) is 19.5. The minimum atomic E-state index is 0.324. The van der Waals surface area contributed by atoms with Crippen LogP contribution >= 0.6 is 0 Å². The summed E-state index contributed by atoms with van der Waals surface area (Å²) < 4.78 is 0. The van der Waals surface area contributed by atoms with Gasteiger partial charge < -0.3 is 15.1 Å². The van der Waals surface area contributed by atoms with Crippen LogP contribution in [0.15, 0.2) is 42.6 Å². The van der Waals surface area contributed by atoms with E-state index in [0.717, 1.165) is 75.5 Å². The van der Waals surface area contributed by atoms with Crippen molar-refractivity contribution in [1.29, 1.82) is 0 Å². The van der Waals surface area contributed by atoms with Crippen molar-refractivity contribution in [2.75, 3.05) is 31.1 Å². The molecular formula is C24H31N5O. The molecule has 1 unspecified atom stereocenters. The Hall–Kier alpha value is -2.47. The van der Waals surface area contributed by atoms with Crippen LogP contribution in [0.4, 0.5) is 5.95 Å². The molecule has 5 rings (SSSR count). The molecule has 1 atom stereocenters. The number of benzene rings is 1. The first-order chi connectivity index (χ1) is 14.8. The second kappa shape index (κ2) is 8.72. The number of carbonyl (C=O) groups excluding carboxylic acids is 1. The number of amides is 1. The van der Waals surface area contributed by atoms with E-state index >= 15 is 0 Å². The van der Waals surface area contributed by atoms with Crippen molar-refractivity contribution in [2.45, 2.75) is 50.6 Å². The molecule has 0 radical (unpaired) electrons. The van der Waals surface area contributed by atoms with E-state index in [0.29, 0.717) is 23.9 Å². The highest BCUT2D eigenvalue weighted by molar-refractivity contribution is 5.79. The topological polar surface area (TPSA) is 61.4 Å². The van der Waals surface area contributed by atoms with Crippen LogP contribution in [-0.2, 0) is 4.79 Å². The van der Waals surface area contributed by atoms with Gasteiger partial charge in [-0.25, -0.2) is 9.97 Å². The van der Waals surface area contributed by atoms with Gasteiger partial charge in [-0.15, -0.1) is 0 Å². The van der Waals surface area contributed by atoms with Gasteiger partial charge in [0.1, 0.15) is 0 Å². The summed E-state index contributed by atoms with van der Waals surface area (Å²) in [5, 5.41) is 3.85. The number of anilines is 1. The standard InChI is InChI=1S/C24H31N5O/c30-23(19-7-4-8-19)28-14-10-20(11-15-28)26-21-12-16-29(17-21)24-25-13-9-22(27-24)18-5-2-1-3-6-18/h1-3,5-6,9,13,19-21,26H,4,7-8,10-12,14-17H2. The maximum Gasteiger partial charge on any atom is 0.225 e. The Morgan fingerprint density at radius 2 is 1.70 bits per heavy atom. The number of carbonyl (C=O) groups is 1. The zero-order valence-corrected chi connectivity index (χ0v) is 17.5. The number of nitrogens with one attached hydrogen (secondary N) is 1. The van der Waals surface area contributed by atoms with Gasteiger partial charge in [-0.05, 0) is 38.2 Å². The number of aromatic nitrogens is 2. The minimum absolute atomic E-state index is 0.324. The third kappa shape index (κ3) is 4.19. The van der Waals surface area contributed by atoms with E-state index in [1.54, 1.807) is 0 Å². The quantitative estimate of drug-likeness (QED) is 0.828. The van der Waals surface area contributed by atoms with Gasteiger partial charge in [0.15, 0.2) is 0 Å². The highest BCUT2D eigenvalue weighted by atomic mass is 16.2. The Kier molecular flexibility index (Phi) is 5.67. The Morgan fingerprint density at radius 3 is 2.43 bits per heavy atom. The maximum absolute atomic E-state index is 12.4. The fourth-order valence-corrected chi connectivity index (χ4v) is 4.86. The molecule has 158 valence electrons. The summed E-state index contributed by atoms with van der Waals surface area (Å²) in [5.74, 6) is 1.55. The van der Waals surface area contributed by atoms with E-state index in [-0.39, 0.29) is 0 Å². The molecule has 2 saturated heterocycles. The molecule has 1 amide bonds. The van der Waals surface area contributed by atoms with Crippen LogP contribution in [0, 0.1) is 5.92 Å². The largest absolute Gasteiger partial charge is 0.342 e. The van der Waals surface area contributed by atoms with Gasteiger partial charge >= 0.3 is 0 Å². The van der Waals surface area contributed by atoms with Gasteiger partial charge in [-0.3, -0.25) is 4.79 Å². The lowest BCUT2D eigenvalue weighted by molar-refractivity contribution is -0.139. The third-order valence-electron chi connectivity index (χ3n) is 6.92. The number of hydrogen-bond acceptors (Lipinski definition) is 5. The van der Waals surface area contributed by atoms with Crippen LogP contribution in [0.5, 0.6) is 0 Å². The van der Waals surface area contributed by atoms with E-state index in [1.807, 2.05) is 30.5 Å². The van der Waals surface area contributed by atoms with Crippen molar-refractivity contribution in [3.8, 4) is 11.3 Å². The molecular weight excluding hydrogens is 374 g/mol.